The number of piperidine rings is 1. The molecule has 3 heterocycles. The van der Waals surface area contributed by atoms with Gasteiger partial charge in [-0.2, -0.15) is 0 Å². The van der Waals surface area contributed by atoms with E-state index in [0.717, 1.165) is 26.3 Å². The smallest absolute Gasteiger partial charge is 0.0721 e. The molecule has 0 aromatic rings. The number of likely N-dealkylation sites (tertiary alicyclic amines) is 1. The van der Waals surface area contributed by atoms with E-state index in [1.807, 2.05) is 0 Å². The van der Waals surface area contributed by atoms with Crippen molar-refractivity contribution in [2.45, 2.75) is 70.1 Å². The van der Waals surface area contributed by atoms with Crippen molar-refractivity contribution < 1.29 is 9.47 Å². The normalized spacial score (nSPS) is 33.7. The van der Waals surface area contributed by atoms with E-state index in [9.17, 15) is 0 Å². The van der Waals surface area contributed by atoms with Crippen molar-refractivity contribution in [1.82, 2.24) is 9.80 Å². The average molecular weight is 310 g/mol. The molecule has 0 aromatic heterocycles. The van der Waals surface area contributed by atoms with Gasteiger partial charge in [0.15, 0.2) is 0 Å². The van der Waals surface area contributed by atoms with E-state index in [1.165, 1.54) is 58.2 Å². The maximum absolute atomic E-state index is 6.24. The zero-order valence-electron chi connectivity index (χ0n) is 14.6. The summed E-state index contributed by atoms with van der Waals surface area (Å²) in [6, 6.07) is 0. The number of hydrogen-bond donors (Lipinski definition) is 0. The first-order valence-corrected chi connectivity index (χ1v) is 9.39. The fraction of sp³-hybridized carbons (Fsp3) is 1.00. The van der Waals surface area contributed by atoms with Crippen LogP contribution in [-0.2, 0) is 9.47 Å². The molecule has 0 radical (unpaired) electrons. The molecule has 3 rings (SSSR count). The maximum Gasteiger partial charge on any atom is 0.0721 e. The molecule has 3 aliphatic heterocycles. The zero-order valence-corrected chi connectivity index (χ0v) is 14.6. The summed E-state index contributed by atoms with van der Waals surface area (Å²) in [6.45, 7) is 12.1. The van der Waals surface area contributed by atoms with E-state index in [0.29, 0.717) is 12.2 Å². The number of nitrogens with zero attached hydrogens (tertiary/aromatic N) is 2. The molecular formula is C18H34N2O2. The highest BCUT2D eigenvalue weighted by Crippen LogP contribution is 2.40. The minimum atomic E-state index is 0.278. The Bertz CT molecular complexity index is 344. The highest BCUT2D eigenvalue weighted by atomic mass is 16.5. The fourth-order valence-electron chi connectivity index (χ4n) is 4.43. The van der Waals surface area contributed by atoms with Crippen LogP contribution >= 0.6 is 0 Å². The van der Waals surface area contributed by atoms with Crippen LogP contribution in [0.15, 0.2) is 0 Å². The summed E-state index contributed by atoms with van der Waals surface area (Å²) in [5.74, 6) is 0. The summed E-state index contributed by atoms with van der Waals surface area (Å²) in [7, 11) is 0. The van der Waals surface area contributed by atoms with Gasteiger partial charge < -0.3 is 14.4 Å². The van der Waals surface area contributed by atoms with Crippen LogP contribution in [0, 0.1) is 0 Å². The Morgan fingerprint density at radius 2 is 1.91 bits per heavy atom. The summed E-state index contributed by atoms with van der Waals surface area (Å²) >= 11 is 0. The Morgan fingerprint density at radius 3 is 2.68 bits per heavy atom. The van der Waals surface area contributed by atoms with Gasteiger partial charge in [0.25, 0.3) is 0 Å². The molecule has 22 heavy (non-hydrogen) atoms. The predicted octanol–water partition coefficient (Wildman–Crippen LogP) is 2.52. The van der Waals surface area contributed by atoms with Crippen LogP contribution in [0.5, 0.6) is 0 Å². The largest absolute Gasteiger partial charge is 0.377 e. The third-order valence-corrected chi connectivity index (χ3v) is 5.67. The van der Waals surface area contributed by atoms with Gasteiger partial charge in [0.1, 0.15) is 0 Å². The molecule has 3 fully saturated rings. The molecule has 0 bridgehead atoms. The minimum Gasteiger partial charge on any atom is -0.377 e. The molecule has 0 spiro atoms. The first-order chi connectivity index (χ1) is 10.7. The lowest BCUT2D eigenvalue weighted by molar-refractivity contribution is 0.000112. The number of fused-ring (bicyclic) bond motifs is 1. The minimum absolute atomic E-state index is 0.278. The fourth-order valence-corrected chi connectivity index (χ4v) is 4.43. The number of hydrogen-bond acceptors (Lipinski definition) is 4. The van der Waals surface area contributed by atoms with E-state index in [1.54, 1.807) is 0 Å². The van der Waals surface area contributed by atoms with Crippen molar-refractivity contribution in [2.75, 3.05) is 45.9 Å². The lowest BCUT2D eigenvalue weighted by Crippen LogP contribution is -2.43. The van der Waals surface area contributed by atoms with Crippen LogP contribution in [-0.4, -0.2) is 73.5 Å². The molecule has 2 unspecified atom stereocenters. The molecule has 0 N–H and O–H groups in total. The standard InChI is InChI=1S/C18H34N2O2/c1-16(2)22-15-18-7-6-10-20(18)14-17(13-18)21-12-11-19-8-4-3-5-9-19/h16-17H,3-15H2,1-2H3. The van der Waals surface area contributed by atoms with Gasteiger partial charge in [-0.05, 0) is 65.6 Å². The summed E-state index contributed by atoms with van der Waals surface area (Å²) in [5, 5.41) is 0. The van der Waals surface area contributed by atoms with Gasteiger partial charge in [0, 0.05) is 18.6 Å². The molecule has 128 valence electrons. The first-order valence-electron chi connectivity index (χ1n) is 9.39. The van der Waals surface area contributed by atoms with Crippen molar-refractivity contribution in [2.24, 2.45) is 0 Å². The zero-order chi connectivity index (χ0) is 15.4. The topological polar surface area (TPSA) is 24.9 Å². The Kier molecular flexibility index (Phi) is 5.77. The molecule has 0 amide bonds. The van der Waals surface area contributed by atoms with E-state index in [2.05, 4.69) is 23.6 Å². The second-order valence-corrected chi connectivity index (χ2v) is 7.73. The van der Waals surface area contributed by atoms with E-state index in [-0.39, 0.29) is 5.54 Å². The van der Waals surface area contributed by atoms with Crippen LogP contribution in [0.1, 0.15) is 52.4 Å². The Morgan fingerprint density at radius 1 is 1.09 bits per heavy atom. The van der Waals surface area contributed by atoms with Crippen molar-refractivity contribution in [3.05, 3.63) is 0 Å². The highest BCUT2D eigenvalue weighted by molar-refractivity contribution is 5.04. The van der Waals surface area contributed by atoms with Crippen LogP contribution < -0.4 is 0 Å². The van der Waals surface area contributed by atoms with Crippen molar-refractivity contribution >= 4 is 0 Å². The van der Waals surface area contributed by atoms with Gasteiger partial charge in [-0.15, -0.1) is 0 Å². The van der Waals surface area contributed by atoms with Crippen LogP contribution in [0.3, 0.4) is 0 Å². The summed E-state index contributed by atoms with van der Waals surface area (Å²) in [5.41, 5.74) is 0.278. The molecule has 0 aromatic carbocycles. The Labute approximate surface area is 136 Å². The van der Waals surface area contributed by atoms with Crippen molar-refractivity contribution in [1.29, 1.82) is 0 Å². The van der Waals surface area contributed by atoms with Crippen molar-refractivity contribution in [3.8, 4) is 0 Å². The van der Waals surface area contributed by atoms with Gasteiger partial charge in [0.05, 0.1) is 25.4 Å². The highest BCUT2D eigenvalue weighted by Gasteiger charge is 2.49. The monoisotopic (exact) mass is 310 g/mol. The average Bonchev–Trinajstić information content (AvgIpc) is 3.03. The van der Waals surface area contributed by atoms with Gasteiger partial charge >= 0.3 is 0 Å². The Hall–Kier alpha value is -0.160. The van der Waals surface area contributed by atoms with Crippen LogP contribution in [0.2, 0.25) is 0 Å². The van der Waals surface area contributed by atoms with Gasteiger partial charge in [0.2, 0.25) is 0 Å². The quantitative estimate of drug-likeness (QED) is 0.721. The third-order valence-electron chi connectivity index (χ3n) is 5.67. The number of ether oxygens (including phenoxy) is 2. The second-order valence-electron chi connectivity index (χ2n) is 7.73. The molecule has 2 atom stereocenters. The molecular weight excluding hydrogens is 276 g/mol. The SMILES string of the molecule is CC(C)OCC12CCCN1CC(OCCN1CCCCC1)C2. The molecule has 4 heteroatoms. The van der Waals surface area contributed by atoms with Gasteiger partial charge in [-0.1, -0.05) is 6.42 Å². The molecule has 3 saturated heterocycles. The molecule has 0 aliphatic carbocycles. The maximum atomic E-state index is 6.24. The Balaban J connectivity index is 1.42. The third kappa shape index (κ3) is 4.02. The molecule has 4 nitrogen and oxygen atoms in total. The number of rotatable bonds is 7. The van der Waals surface area contributed by atoms with Gasteiger partial charge in [-0.3, -0.25) is 4.90 Å². The predicted molar refractivity (Wildman–Crippen MR) is 89.3 cm³/mol. The summed E-state index contributed by atoms with van der Waals surface area (Å²) in [4.78, 5) is 5.21. The molecule has 3 aliphatic rings. The van der Waals surface area contributed by atoms with Crippen LogP contribution in [0.25, 0.3) is 0 Å². The van der Waals surface area contributed by atoms with E-state index < -0.39 is 0 Å². The van der Waals surface area contributed by atoms with E-state index >= 15 is 0 Å². The van der Waals surface area contributed by atoms with Crippen LogP contribution in [0.4, 0.5) is 0 Å². The molecule has 0 saturated carbocycles. The lowest BCUT2D eigenvalue weighted by atomic mass is 9.94. The first kappa shape index (κ1) is 16.7. The van der Waals surface area contributed by atoms with Crippen molar-refractivity contribution in [3.63, 3.8) is 0 Å². The second kappa shape index (κ2) is 7.61. The van der Waals surface area contributed by atoms with Gasteiger partial charge in [-0.25, -0.2) is 0 Å². The lowest BCUT2D eigenvalue weighted by Gasteiger charge is -2.32. The summed E-state index contributed by atoms with van der Waals surface area (Å²) in [6.07, 6.45) is 8.66. The summed E-state index contributed by atoms with van der Waals surface area (Å²) < 4.78 is 12.2. The van der Waals surface area contributed by atoms with E-state index in [4.69, 9.17) is 9.47 Å².